The fourth-order valence-corrected chi connectivity index (χ4v) is 4.27. The summed E-state index contributed by atoms with van der Waals surface area (Å²) in [7, 11) is 0. The highest BCUT2D eigenvalue weighted by molar-refractivity contribution is 5.95. The van der Waals surface area contributed by atoms with E-state index in [1.165, 1.54) is 5.56 Å². The van der Waals surface area contributed by atoms with Crippen molar-refractivity contribution in [3.05, 3.63) is 95.4 Å². The largest absolute Gasteiger partial charge is 0.487 e. The van der Waals surface area contributed by atoms with E-state index in [1.807, 2.05) is 58.9 Å². The molecule has 1 aliphatic heterocycles. The first-order valence-electron chi connectivity index (χ1n) is 11.6. The molecule has 3 heterocycles. The Labute approximate surface area is 203 Å². The van der Waals surface area contributed by atoms with E-state index in [0.717, 1.165) is 42.0 Å². The number of hydrogen-bond donors (Lipinski definition) is 2. The Morgan fingerprint density at radius 1 is 1.00 bits per heavy atom. The van der Waals surface area contributed by atoms with Crippen LogP contribution in [0.25, 0.3) is 5.65 Å². The highest BCUT2D eigenvalue weighted by Gasteiger charge is 2.19. The summed E-state index contributed by atoms with van der Waals surface area (Å²) in [4.78, 5) is 31.5. The second kappa shape index (κ2) is 9.89. The highest BCUT2D eigenvalue weighted by Crippen LogP contribution is 2.26. The van der Waals surface area contributed by atoms with E-state index in [0.29, 0.717) is 17.9 Å². The maximum Gasteiger partial charge on any atom is 0.269 e. The summed E-state index contributed by atoms with van der Waals surface area (Å²) in [5, 5.41) is 0. The van der Waals surface area contributed by atoms with Gasteiger partial charge in [0.2, 0.25) is 0 Å². The molecule has 2 aromatic carbocycles. The first-order valence-corrected chi connectivity index (χ1v) is 11.6. The molecule has 0 atom stereocenters. The minimum Gasteiger partial charge on any atom is -0.487 e. The number of imidazole rings is 1. The molecular weight excluding hydrogens is 442 g/mol. The lowest BCUT2D eigenvalue weighted by Gasteiger charge is -2.30. The maximum absolute atomic E-state index is 12.5. The molecule has 0 radical (unpaired) electrons. The number of aromatic nitrogens is 2. The first kappa shape index (κ1) is 22.5. The van der Waals surface area contributed by atoms with Gasteiger partial charge in [-0.05, 0) is 67.3 Å². The molecule has 0 unspecified atom stereocenters. The Bertz CT molecular complexity index is 1360. The minimum atomic E-state index is -0.389. The van der Waals surface area contributed by atoms with Crippen LogP contribution in [-0.2, 0) is 17.8 Å². The number of hydrogen-bond acceptors (Lipinski definition) is 5. The van der Waals surface area contributed by atoms with Gasteiger partial charge in [-0.2, -0.15) is 0 Å². The number of para-hydroxylation sites is 1. The van der Waals surface area contributed by atoms with Gasteiger partial charge < -0.3 is 14.0 Å². The zero-order chi connectivity index (χ0) is 24.2. The molecular formula is C27H27N5O3. The van der Waals surface area contributed by atoms with Gasteiger partial charge in [-0.25, -0.2) is 4.98 Å². The minimum absolute atomic E-state index is 0.187. The predicted octanol–water partition coefficient (Wildman–Crippen LogP) is 3.44. The lowest BCUT2D eigenvalue weighted by Crippen LogP contribution is -2.47. The normalized spacial score (nSPS) is 12.8. The number of nitrogens with zero attached hydrogens (tertiary/aromatic N) is 3. The van der Waals surface area contributed by atoms with Crippen molar-refractivity contribution in [3.8, 4) is 5.75 Å². The Morgan fingerprint density at radius 3 is 2.69 bits per heavy atom. The zero-order valence-electron chi connectivity index (χ0n) is 19.5. The summed E-state index contributed by atoms with van der Waals surface area (Å²) in [6.07, 6.45) is 5.98. The number of ether oxygens (including phenoxy) is 1. The molecule has 35 heavy (non-hydrogen) atoms. The van der Waals surface area contributed by atoms with Crippen LogP contribution in [0.3, 0.4) is 0 Å². The Balaban J connectivity index is 1.11. The van der Waals surface area contributed by atoms with Crippen molar-refractivity contribution < 1.29 is 14.3 Å². The van der Waals surface area contributed by atoms with Crippen LogP contribution in [0.15, 0.2) is 73.1 Å². The van der Waals surface area contributed by atoms with E-state index >= 15 is 0 Å². The third-order valence-electron chi connectivity index (χ3n) is 6.01. The molecule has 2 aromatic heterocycles. The van der Waals surface area contributed by atoms with Crippen LogP contribution in [0, 0.1) is 6.92 Å². The highest BCUT2D eigenvalue weighted by atomic mass is 16.5. The van der Waals surface area contributed by atoms with Crippen molar-refractivity contribution in [1.82, 2.24) is 20.2 Å². The average molecular weight is 470 g/mol. The van der Waals surface area contributed by atoms with Crippen LogP contribution in [0.5, 0.6) is 5.75 Å². The van der Waals surface area contributed by atoms with Crippen molar-refractivity contribution in [2.24, 2.45) is 0 Å². The molecule has 2 N–H and O–H groups in total. The lowest BCUT2D eigenvalue weighted by molar-refractivity contribution is -0.120. The SMILES string of the molecule is Cc1ccc2nc(COc3ccc(C(=O)NNC(=O)CN4CCCc5ccccc54)cc3)cn2c1. The van der Waals surface area contributed by atoms with Crippen LogP contribution in [0.2, 0.25) is 0 Å². The molecule has 0 spiro atoms. The third kappa shape index (κ3) is 5.27. The third-order valence-corrected chi connectivity index (χ3v) is 6.01. The van der Waals surface area contributed by atoms with Crippen LogP contribution in [0.4, 0.5) is 5.69 Å². The Kier molecular flexibility index (Phi) is 6.34. The monoisotopic (exact) mass is 469 g/mol. The second-order valence-electron chi connectivity index (χ2n) is 8.67. The summed E-state index contributed by atoms with van der Waals surface area (Å²) in [5.74, 6) is -0.0279. The second-order valence-corrected chi connectivity index (χ2v) is 8.67. The molecule has 8 heteroatoms. The van der Waals surface area contributed by atoms with Gasteiger partial charge in [-0.1, -0.05) is 24.3 Å². The average Bonchev–Trinajstić information content (AvgIpc) is 3.28. The van der Waals surface area contributed by atoms with Crippen molar-refractivity contribution in [2.75, 3.05) is 18.0 Å². The number of hydrazine groups is 1. The van der Waals surface area contributed by atoms with Crippen molar-refractivity contribution in [3.63, 3.8) is 0 Å². The number of fused-ring (bicyclic) bond motifs is 2. The van der Waals surface area contributed by atoms with Crippen LogP contribution in [0.1, 0.15) is 33.6 Å². The van der Waals surface area contributed by atoms with E-state index in [4.69, 9.17) is 4.74 Å². The van der Waals surface area contributed by atoms with Crippen LogP contribution < -0.4 is 20.5 Å². The number of anilines is 1. The topological polar surface area (TPSA) is 88.0 Å². The van der Waals surface area contributed by atoms with Gasteiger partial charge in [-0.15, -0.1) is 0 Å². The van der Waals surface area contributed by atoms with Gasteiger partial charge in [0.1, 0.15) is 18.0 Å². The Morgan fingerprint density at radius 2 is 1.83 bits per heavy atom. The predicted molar refractivity (Wildman–Crippen MR) is 133 cm³/mol. The number of carbonyl (C=O) groups is 2. The summed E-state index contributed by atoms with van der Waals surface area (Å²) < 4.78 is 7.79. The molecule has 0 saturated heterocycles. The molecule has 1 aliphatic rings. The molecule has 0 aliphatic carbocycles. The van der Waals surface area contributed by atoms with Gasteiger partial charge in [0.05, 0.1) is 12.2 Å². The van der Waals surface area contributed by atoms with E-state index in [9.17, 15) is 9.59 Å². The first-order chi connectivity index (χ1) is 17.0. The van der Waals surface area contributed by atoms with Crippen LogP contribution >= 0.6 is 0 Å². The van der Waals surface area contributed by atoms with Crippen molar-refractivity contribution in [1.29, 1.82) is 0 Å². The van der Waals surface area contributed by atoms with Crippen LogP contribution in [-0.4, -0.2) is 34.3 Å². The summed E-state index contributed by atoms with van der Waals surface area (Å²) in [5.41, 5.74) is 10.6. The van der Waals surface area contributed by atoms with Gasteiger partial charge in [-0.3, -0.25) is 20.4 Å². The van der Waals surface area contributed by atoms with E-state index in [-0.39, 0.29) is 18.4 Å². The van der Waals surface area contributed by atoms with Crippen molar-refractivity contribution >= 4 is 23.1 Å². The van der Waals surface area contributed by atoms with Gasteiger partial charge >= 0.3 is 0 Å². The summed E-state index contributed by atoms with van der Waals surface area (Å²) in [6.45, 7) is 3.36. The fourth-order valence-electron chi connectivity index (χ4n) is 4.27. The number of amides is 2. The van der Waals surface area contributed by atoms with Crippen molar-refractivity contribution in [2.45, 2.75) is 26.4 Å². The number of carbonyl (C=O) groups excluding carboxylic acids is 2. The molecule has 4 aromatic rings. The smallest absolute Gasteiger partial charge is 0.269 e. The number of nitrogens with one attached hydrogen (secondary N) is 2. The molecule has 178 valence electrons. The van der Waals surface area contributed by atoms with Gasteiger partial charge in [0.15, 0.2) is 0 Å². The summed E-state index contributed by atoms with van der Waals surface area (Å²) >= 11 is 0. The quantitative estimate of drug-likeness (QED) is 0.423. The molecule has 0 saturated carbocycles. The molecule has 5 rings (SSSR count). The molecule has 2 amide bonds. The molecule has 8 nitrogen and oxygen atoms in total. The Hall–Kier alpha value is -4.33. The lowest BCUT2D eigenvalue weighted by atomic mass is 10.0. The number of aryl methyl sites for hydroxylation is 2. The van der Waals surface area contributed by atoms with Gasteiger partial charge in [0.25, 0.3) is 11.8 Å². The van der Waals surface area contributed by atoms with E-state index in [1.54, 1.807) is 24.3 Å². The number of pyridine rings is 1. The molecule has 0 fully saturated rings. The standard InChI is InChI=1S/C27H27N5O3/c1-19-8-13-25-28-22(16-32(25)15-19)18-35-23-11-9-21(10-12-23)27(34)30-29-26(33)17-31-14-4-6-20-5-2-3-7-24(20)31/h2-3,5,7-13,15-16H,4,6,14,17-18H2,1H3,(H,29,33)(H,30,34). The summed E-state index contributed by atoms with van der Waals surface area (Å²) in [6, 6.07) is 18.9. The number of rotatable bonds is 6. The number of benzene rings is 2. The fraction of sp³-hybridized carbons (Fsp3) is 0.222. The van der Waals surface area contributed by atoms with E-state index in [2.05, 4.69) is 21.9 Å². The van der Waals surface area contributed by atoms with E-state index < -0.39 is 0 Å². The maximum atomic E-state index is 12.5. The van der Waals surface area contributed by atoms with Gasteiger partial charge in [0, 0.05) is 30.2 Å². The zero-order valence-corrected chi connectivity index (χ0v) is 19.5. The molecule has 0 bridgehead atoms.